The van der Waals surface area contributed by atoms with Crippen LogP contribution in [0.1, 0.15) is 16.8 Å². The number of carbonyl (C=O) groups excluding carboxylic acids is 1. The maximum absolute atomic E-state index is 12.7. The number of carbonyl (C=O) groups is 1. The van der Waals surface area contributed by atoms with E-state index in [1.54, 1.807) is 14.1 Å². The molecule has 0 saturated heterocycles. The Bertz CT molecular complexity index is 1060. The van der Waals surface area contributed by atoms with Gasteiger partial charge in [0, 0.05) is 14.1 Å². The van der Waals surface area contributed by atoms with Crippen molar-refractivity contribution < 1.29 is 15.0 Å². The van der Waals surface area contributed by atoms with Crippen LogP contribution in [0.25, 0.3) is 16.9 Å². The van der Waals surface area contributed by atoms with E-state index in [4.69, 9.17) is 0 Å². The first-order valence-corrected chi connectivity index (χ1v) is 8.17. The first-order chi connectivity index (χ1) is 12.2. The van der Waals surface area contributed by atoms with Crippen molar-refractivity contribution in [1.82, 2.24) is 14.3 Å². The minimum absolute atomic E-state index is 0.0213. The summed E-state index contributed by atoms with van der Waals surface area (Å²) in [5, 5.41) is 20.3. The van der Waals surface area contributed by atoms with Crippen LogP contribution in [0, 0.1) is 13.8 Å². The van der Waals surface area contributed by atoms with Crippen LogP contribution in [0.15, 0.2) is 29.1 Å². The Hall–Kier alpha value is -3.22. The number of hydrogen-bond donors (Lipinski definition) is 3. The first-order valence-electron chi connectivity index (χ1n) is 8.17. The number of aromatic amines is 1. The monoisotopic (exact) mass is 355 g/mol. The number of imidazole rings is 1. The molecule has 136 valence electrons. The van der Waals surface area contributed by atoms with Crippen LogP contribution in [0.2, 0.25) is 0 Å². The van der Waals surface area contributed by atoms with Gasteiger partial charge in [0.05, 0.1) is 23.4 Å². The second-order valence-corrected chi connectivity index (χ2v) is 6.59. The van der Waals surface area contributed by atoms with E-state index in [2.05, 4.69) is 4.98 Å². The van der Waals surface area contributed by atoms with E-state index in [0.29, 0.717) is 11.4 Å². The fourth-order valence-corrected chi connectivity index (χ4v) is 2.87. The smallest absolute Gasteiger partial charge is 0.263 e. The summed E-state index contributed by atoms with van der Waals surface area (Å²) in [7, 11) is 3.28. The Kier molecular flexibility index (Phi) is 4.23. The molecule has 0 aliphatic heterocycles. The summed E-state index contributed by atoms with van der Waals surface area (Å²) in [5.41, 5.74) is 2.44. The highest BCUT2D eigenvalue weighted by molar-refractivity contribution is 5.82. The van der Waals surface area contributed by atoms with E-state index < -0.39 is 17.1 Å². The Morgan fingerprint density at radius 3 is 2.31 bits per heavy atom. The summed E-state index contributed by atoms with van der Waals surface area (Å²) in [4.78, 5) is 29.5. The number of aromatic nitrogens is 2. The molecule has 3 aromatic rings. The fourth-order valence-electron chi connectivity index (χ4n) is 2.87. The van der Waals surface area contributed by atoms with Crippen molar-refractivity contribution in [2.24, 2.45) is 0 Å². The molecule has 0 aliphatic rings. The average molecular weight is 355 g/mol. The largest absolute Gasteiger partial charge is 0.504 e. The van der Waals surface area contributed by atoms with Gasteiger partial charge in [-0.25, -0.2) is 0 Å². The van der Waals surface area contributed by atoms with Gasteiger partial charge in [0.25, 0.3) is 5.56 Å². The number of aryl methyl sites for hydroxylation is 1. The predicted molar refractivity (Wildman–Crippen MR) is 98.7 cm³/mol. The van der Waals surface area contributed by atoms with Crippen molar-refractivity contribution in [2.45, 2.75) is 20.3 Å². The quantitative estimate of drug-likeness (QED) is 0.669. The highest BCUT2D eigenvalue weighted by atomic mass is 16.3. The third kappa shape index (κ3) is 2.71. The molecule has 0 atom stereocenters. The summed E-state index contributed by atoms with van der Waals surface area (Å²) in [6.07, 6.45) is -0.0280. The number of H-pyrrole nitrogens is 1. The number of benzene rings is 1. The van der Waals surface area contributed by atoms with Crippen LogP contribution < -0.4 is 5.56 Å². The highest BCUT2D eigenvalue weighted by Crippen LogP contribution is 2.34. The molecule has 7 heteroatoms. The van der Waals surface area contributed by atoms with Gasteiger partial charge in [-0.1, -0.05) is 29.8 Å². The lowest BCUT2D eigenvalue weighted by atomic mass is 10.1. The number of aromatic hydroxyl groups is 2. The second-order valence-electron chi connectivity index (χ2n) is 6.59. The molecule has 1 amide bonds. The molecular weight excluding hydrogens is 334 g/mol. The number of likely N-dealkylation sites (N-methyl/N-ethyl adjacent to an activating group) is 1. The molecule has 0 radical (unpaired) electrons. The van der Waals surface area contributed by atoms with E-state index in [9.17, 15) is 19.8 Å². The zero-order valence-corrected chi connectivity index (χ0v) is 15.1. The molecule has 0 bridgehead atoms. The van der Waals surface area contributed by atoms with Crippen LogP contribution in [-0.2, 0) is 11.2 Å². The first kappa shape index (κ1) is 17.6. The van der Waals surface area contributed by atoms with Crippen molar-refractivity contribution in [3.05, 3.63) is 51.4 Å². The Labute approximate surface area is 150 Å². The van der Waals surface area contributed by atoms with Gasteiger partial charge < -0.3 is 20.1 Å². The number of pyridine rings is 1. The molecule has 7 nitrogen and oxygen atoms in total. The molecule has 0 aliphatic carbocycles. The predicted octanol–water partition coefficient (Wildman–Crippen LogP) is 1.95. The highest BCUT2D eigenvalue weighted by Gasteiger charge is 2.23. The van der Waals surface area contributed by atoms with Gasteiger partial charge in [-0.15, -0.1) is 0 Å². The Morgan fingerprint density at radius 2 is 1.73 bits per heavy atom. The molecule has 1 aromatic carbocycles. The summed E-state index contributed by atoms with van der Waals surface area (Å²) in [6.45, 7) is 3.39. The van der Waals surface area contributed by atoms with Gasteiger partial charge in [-0.3, -0.25) is 14.0 Å². The van der Waals surface area contributed by atoms with Gasteiger partial charge >= 0.3 is 0 Å². The van der Waals surface area contributed by atoms with E-state index in [1.165, 1.54) is 16.2 Å². The van der Waals surface area contributed by atoms with Crippen LogP contribution in [0.4, 0.5) is 0 Å². The molecule has 2 aromatic heterocycles. The van der Waals surface area contributed by atoms with Crippen LogP contribution in [0.3, 0.4) is 0 Å². The van der Waals surface area contributed by atoms with E-state index in [1.807, 2.05) is 31.2 Å². The summed E-state index contributed by atoms with van der Waals surface area (Å²) in [6, 6.07) is 7.59. The minimum atomic E-state index is -0.480. The molecule has 3 rings (SSSR count). The molecular formula is C19H21N3O4. The fraction of sp³-hybridized carbons (Fsp3) is 0.263. The Morgan fingerprint density at radius 1 is 1.12 bits per heavy atom. The number of hydrogen-bond acceptors (Lipinski definition) is 4. The van der Waals surface area contributed by atoms with Gasteiger partial charge in [0.1, 0.15) is 0 Å². The maximum atomic E-state index is 12.7. The Balaban J connectivity index is 2.38. The molecule has 0 fully saturated rings. The lowest BCUT2D eigenvalue weighted by Crippen LogP contribution is -2.26. The second kappa shape index (κ2) is 6.25. The summed E-state index contributed by atoms with van der Waals surface area (Å²) < 4.78 is 1.26. The zero-order chi connectivity index (χ0) is 19.2. The lowest BCUT2D eigenvalue weighted by molar-refractivity contribution is -0.128. The van der Waals surface area contributed by atoms with Crippen molar-refractivity contribution in [1.29, 1.82) is 0 Å². The van der Waals surface area contributed by atoms with Gasteiger partial charge in [-0.2, -0.15) is 0 Å². The van der Waals surface area contributed by atoms with Gasteiger partial charge in [-0.05, 0) is 19.4 Å². The van der Waals surface area contributed by atoms with Crippen LogP contribution in [0.5, 0.6) is 11.5 Å². The van der Waals surface area contributed by atoms with Crippen molar-refractivity contribution in [3.63, 3.8) is 0 Å². The zero-order valence-electron chi connectivity index (χ0n) is 15.1. The normalized spacial score (nSPS) is 11.1. The van der Waals surface area contributed by atoms with Crippen molar-refractivity contribution in [3.8, 4) is 22.8 Å². The van der Waals surface area contributed by atoms with E-state index in [0.717, 1.165) is 11.1 Å². The minimum Gasteiger partial charge on any atom is -0.504 e. The number of amides is 1. The van der Waals surface area contributed by atoms with Crippen molar-refractivity contribution in [2.75, 3.05) is 14.1 Å². The SMILES string of the molecule is Cc1ccc(-c2[nH]c3c(O)c(O)c(C)c(=O)n3c2CC(=O)N(C)C)cc1. The number of fused-ring (bicyclic) bond motifs is 1. The maximum Gasteiger partial charge on any atom is 0.263 e. The average Bonchev–Trinajstić information content (AvgIpc) is 2.98. The van der Waals surface area contributed by atoms with Gasteiger partial charge in [0.2, 0.25) is 5.91 Å². The molecule has 3 N–H and O–H groups in total. The molecule has 0 saturated carbocycles. The van der Waals surface area contributed by atoms with Crippen LogP contribution >= 0.6 is 0 Å². The molecule has 0 unspecified atom stereocenters. The topological polar surface area (TPSA) is 98.0 Å². The molecule has 26 heavy (non-hydrogen) atoms. The lowest BCUT2D eigenvalue weighted by Gasteiger charge is -2.12. The third-order valence-electron chi connectivity index (χ3n) is 4.51. The third-order valence-corrected chi connectivity index (χ3v) is 4.51. The van der Waals surface area contributed by atoms with Crippen molar-refractivity contribution >= 4 is 11.6 Å². The van der Waals surface area contributed by atoms with E-state index >= 15 is 0 Å². The number of nitrogens with one attached hydrogen (secondary N) is 1. The molecule has 0 spiro atoms. The number of nitrogens with zero attached hydrogens (tertiary/aromatic N) is 2. The molecule has 2 heterocycles. The standard InChI is InChI=1S/C19H21N3O4/c1-10-5-7-12(8-6-10)15-13(9-14(23)21(3)4)22-18(20-15)17(25)16(24)11(2)19(22)26/h5-8,20,24-25H,9H2,1-4H3. The van der Waals surface area contributed by atoms with E-state index in [-0.39, 0.29) is 23.5 Å². The summed E-state index contributed by atoms with van der Waals surface area (Å²) in [5.74, 6) is -1.06. The number of rotatable bonds is 3. The van der Waals surface area contributed by atoms with Gasteiger partial charge in [0.15, 0.2) is 17.1 Å². The van der Waals surface area contributed by atoms with Crippen LogP contribution in [-0.4, -0.2) is 44.5 Å². The summed E-state index contributed by atoms with van der Waals surface area (Å²) >= 11 is 0.